The van der Waals surface area contributed by atoms with Crippen LogP contribution in [0, 0.1) is 6.92 Å². The lowest BCUT2D eigenvalue weighted by Crippen LogP contribution is -2.48. The number of piperazine rings is 1. The van der Waals surface area contributed by atoms with Gasteiger partial charge in [-0.1, -0.05) is 6.07 Å². The maximum Gasteiger partial charge on any atom is 0.253 e. The second-order valence-electron chi connectivity index (χ2n) is 6.39. The normalized spacial score (nSPS) is 17.4. The van der Waals surface area contributed by atoms with Crippen LogP contribution in [0.3, 0.4) is 0 Å². The summed E-state index contributed by atoms with van der Waals surface area (Å²) in [6, 6.07) is 6.26. The van der Waals surface area contributed by atoms with Crippen LogP contribution in [-0.4, -0.2) is 42.0 Å². The number of carbonyl (C=O) groups is 1. The van der Waals surface area contributed by atoms with E-state index < -0.39 is 0 Å². The number of amides is 1. The minimum Gasteiger partial charge on any atom is -0.345 e. The van der Waals surface area contributed by atoms with Crippen molar-refractivity contribution in [2.75, 3.05) is 31.1 Å². The van der Waals surface area contributed by atoms with E-state index >= 15 is 0 Å². The van der Waals surface area contributed by atoms with Gasteiger partial charge in [0.1, 0.15) is 0 Å². The number of fused-ring (bicyclic) bond motifs is 1. The summed E-state index contributed by atoms with van der Waals surface area (Å²) in [6.45, 7) is 5.30. The van der Waals surface area contributed by atoms with Crippen LogP contribution >= 0.6 is 11.3 Å². The first-order chi connectivity index (χ1) is 11.2. The number of aromatic nitrogens is 1. The lowest BCUT2D eigenvalue weighted by atomic mass is 10.1. The highest BCUT2D eigenvalue weighted by molar-refractivity contribution is 7.13. The molecule has 1 amide bonds. The summed E-state index contributed by atoms with van der Waals surface area (Å²) in [6.07, 6.45) is 3.50. The van der Waals surface area contributed by atoms with Crippen molar-refractivity contribution in [1.29, 1.82) is 0 Å². The van der Waals surface area contributed by atoms with Crippen molar-refractivity contribution in [3.8, 4) is 0 Å². The Bertz CT molecular complexity index is 732. The molecule has 0 radical (unpaired) electrons. The van der Waals surface area contributed by atoms with Gasteiger partial charge >= 0.3 is 0 Å². The first-order valence-corrected chi connectivity index (χ1v) is 9.17. The molecule has 1 saturated heterocycles. The third-order valence-corrected chi connectivity index (χ3v) is 5.81. The van der Waals surface area contributed by atoms with E-state index in [1.165, 1.54) is 17.5 Å². The molecule has 2 aromatic rings. The van der Waals surface area contributed by atoms with Gasteiger partial charge in [0.15, 0.2) is 5.13 Å². The van der Waals surface area contributed by atoms with Gasteiger partial charge in [0.05, 0.1) is 5.69 Å². The average Bonchev–Trinajstić information content (AvgIpc) is 3.22. The van der Waals surface area contributed by atoms with E-state index in [9.17, 15) is 4.79 Å². The number of hydrogen-bond acceptors (Lipinski definition) is 4. The number of benzene rings is 1. The molecule has 0 saturated carbocycles. The Morgan fingerprint density at radius 2 is 1.91 bits per heavy atom. The molecule has 120 valence electrons. The van der Waals surface area contributed by atoms with E-state index in [1.807, 2.05) is 17.9 Å². The molecular weight excluding hydrogens is 306 g/mol. The Labute approximate surface area is 140 Å². The Kier molecular flexibility index (Phi) is 3.81. The van der Waals surface area contributed by atoms with Crippen molar-refractivity contribution in [1.82, 2.24) is 9.88 Å². The second-order valence-corrected chi connectivity index (χ2v) is 7.22. The van der Waals surface area contributed by atoms with Crippen LogP contribution in [0.2, 0.25) is 0 Å². The Hall–Kier alpha value is -1.88. The van der Waals surface area contributed by atoms with Crippen molar-refractivity contribution in [2.45, 2.75) is 26.2 Å². The average molecular weight is 327 g/mol. The topological polar surface area (TPSA) is 36.4 Å². The number of anilines is 1. The fourth-order valence-corrected chi connectivity index (χ4v) is 4.33. The summed E-state index contributed by atoms with van der Waals surface area (Å²) in [5, 5.41) is 3.16. The lowest BCUT2D eigenvalue weighted by Gasteiger charge is -2.34. The van der Waals surface area contributed by atoms with Crippen LogP contribution in [0.4, 0.5) is 5.13 Å². The molecule has 4 nitrogen and oxygen atoms in total. The fourth-order valence-electron chi connectivity index (χ4n) is 3.48. The van der Waals surface area contributed by atoms with E-state index in [0.717, 1.165) is 55.4 Å². The zero-order chi connectivity index (χ0) is 15.8. The molecule has 1 fully saturated rings. The SMILES string of the molecule is Cc1csc(N2CCN(C(=O)c3ccc4c(c3)CCC4)CC2)n1. The predicted molar refractivity (Wildman–Crippen MR) is 93.4 cm³/mol. The first kappa shape index (κ1) is 14.7. The molecule has 0 spiro atoms. The summed E-state index contributed by atoms with van der Waals surface area (Å²) in [7, 11) is 0. The number of hydrogen-bond donors (Lipinski definition) is 0. The molecule has 0 unspecified atom stereocenters. The number of aryl methyl sites for hydroxylation is 3. The van der Waals surface area contributed by atoms with Gasteiger partial charge in [-0.15, -0.1) is 11.3 Å². The van der Waals surface area contributed by atoms with Crippen LogP contribution in [0.15, 0.2) is 23.6 Å². The fraction of sp³-hybridized carbons (Fsp3) is 0.444. The molecule has 23 heavy (non-hydrogen) atoms. The van der Waals surface area contributed by atoms with E-state index in [-0.39, 0.29) is 5.91 Å². The van der Waals surface area contributed by atoms with E-state index in [2.05, 4.69) is 27.4 Å². The summed E-state index contributed by atoms with van der Waals surface area (Å²) >= 11 is 1.69. The second kappa shape index (κ2) is 5.96. The standard InChI is InChI=1S/C18H21N3OS/c1-13-12-23-18(19-13)21-9-7-20(8-10-21)17(22)16-6-5-14-3-2-4-15(14)11-16/h5-6,11-12H,2-4,7-10H2,1H3. The summed E-state index contributed by atoms with van der Waals surface area (Å²) in [4.78, 5) is 21.5. The minimum absolute atomic E-state index is 0.176. The van der Waals surface area contributed by atoms with Crippen LogP contribution in [0.1, 0.15) is 33.6 Å². The summed E-state index contributed by atoms with van der Waals surface area (Å²) < 4.78 is 0. The smallest absolute Gasteiger partial charge is 0.253 e. The van der Waals surface area contributed by atoms with Crippen molar-refractivity contribution in [2.24, 2.45) is 0 Å². The van der Waals surface area contributed by atoms with Crippen LogP contribution in [0.5, 0.6) is 0 Å². The molecule has 0 N–H and O–H groups in total. The lowest BCUT2D eigenvalue weighted by molar-refractivity contribution is 0.0746. The van der Waals surface area contributed by atoms with E-state index in [1.54, 1.807) is 11.3 Å². The predicted octanol–water partition coefficient (Wildman–Crippen LogP) is 2.90. The third-order valence-electron chi connectivity index (χ3n) is 4.79. The van der Waals surface area contributed by atoms with Crippen LogP contribution < -0.4 is 4.90 Å². The Balaban J connectivity index is 1.43. The van der Waals surface area contributed by atoms with E-state index in [0.29, 0.717) is 0 Å². The van der Waals surface area contributed by atoms with Gasteiger partial charge in [-0.25, -0.2) is 4.98 Å². The highest BCUT2D eigenvalue weighted by atomic mass is 32.1. The molecular formula is C18H21N3OS. The summed E-state index contributed by atoms with van der Waals surface area (Å²) in [5.74, 6) is 0.176. The van der Waals surface area contributed by atoms with E-state index in [4.69, 9.17) is 0 Å². The Morgan fingerprint density at radius 3 is 2.65 bits per heavy atom. The van der Waals surface area contributed by atoms with Gasteiger partial charge < -0.3 is 9.80 Å². The van der Waals surface area contributed by atoms with Gasteiger partial charge in [0.2, 0.25) is 0 Å². The van der Waals surface area contributed by atoms with Gasteiger partial charge in [0.25, 0.3) is 5.91 Å². The first-order valence-electron chi connectivity index (χ1n) is 8.29. The van der Waals surface area contributed by atoms with Crippen molar-refractivity contribution in [3.63, 3.8) is 0 Å². The summed E-state index contributed by atoms with van der Waals surface area (Å²) in [5.41, 5.74) is 4.71. The number of thiazole rings is 1. The number of carbonyl (C=O) groups excluding carboxylic acids is 1. The zero-order valence-corrected chi connectivity index (χ0v) is 14.2. The van der Waals surface area contributed by atoms with Gasteiger partial charge in [-0.05, 0) is 49.4 Å². The quantitative estimate of drug-likeness (QED) is 0.851. The molecule has 1 aliphatic heterocycles. The number of rotatable bonds is 2. The van der Waals surface area contributed by atoms with Gasteiger partial charge in [-0.2, -0.15) is 0 Å². The molecule has 1 aliphatic carbocycles. The zero-order valence-electron chi connectivity index (χ0n) is 13.4. The van der Waals surface area contributed by atoms with Crippen LogP contribution in [0.25, 0.3) is 0 Å². The highest BCUT2D eigenvalue weighted by Crippen LogP contribution is 2.25. The molecule has 1 aromatic heterocycles. The van der Waals surface area contributed by atoms with Gasteiger partial charge in [-0.3, -0.25) is 4.79 Å². The maximum absolute atomic E-state index is 12.7. The number of nitrogens with zero attached hydrogens (tertiary/aromatic N) is 3. The minimum atomic E-state index is 0.176. The highest BCUT2D eigenvalue weighted by Gasteiger charge is 2.24. The maximum atomic E-state index is 12.7. The van der Waals surface area contributed by atoms with Crippen molar-refractivity contribution in [3.05, 3.63) is 46.0 Å². The molecule has 0 atom stereocenters. The van der Waals surface area contributed by atoms with Gasteiger partial charge in [0, 0.05) is 37.1 Å². The molecule has 1 aromatic carbocycles. The third kappa shape index (κ3) is 2.85. The molecule has 5 heteroatoms. The molecule has 4 rings (SSSR count). The monoisotopic (exact) mass is 327 g/mol. The van der Waals surface area contributed by atoms with Crippen molar-refractivity contribution < 1.29 is 4.79 Å². The molecule has 0 bridgehead atoms. The largest absolute Gasteiger partial charge is 0.345 e. The Morgan fingerprint density at radius 1 is 1.13 bits per heavy atom. The molecule has 2 aliphatic rings. The molecule has 2 heterocycles. The van der Waals surface area contributed by atoms with Crippen LogP contribution in [-0.2, 0) is 12.8 Å². The van der Waals surface area contributed by atoms with Crippen molar-refractivity contribution >= 4 is 22.4 Å².